The fourth-order valence-corrected chi connectivity index (χ4v) is 3.02. The highest BCUT2D eigenvalue weighted by Gasteiger charge is 2.12. The van der Waals surface area contributed by atoms with Crippen LogP contribution in [0.25, 0.3) is 6.08 Å². The molecule has 6 nitrogen and oxygen atoms in total. The van der Waals surface area contributed by atoms with Gasteiger partial charge < -0.3 is 4.74 Å². The van der Waals surface area contributed by atoms with Crippen LogP contribution in [0.15, 0.2) is 36.5 Å². The Morgan fingerprint density at radius 1 is 1.30 bits per heavy atom. The molecule has 1 aromatic carbocycles. The number of methoxy groups -OCH3 is 1. The van der Waals surface area contributed by atoms with E-state index in [2.05, 4.69) is 10.2 Å². The standard InChI is InChI=1S/C20H21ClN4O2/c1-13-20(21)14(2)25(23-13)12-16-11-15(6-8-19(16)27-4)5-7-18(26)17-9-10-22-24(17)3/h5-11H,12H2,1-4H3/b7-5+. The molecule has 0 saturated heterocycles. The predicted octanol–water partition coefficient (Wildman–Crippen LogP) is 3.84. The van der Waals surface area contributed by atoms with Crippen molar-refractivity contribution < 1.29 is 9.53 Å². The van der Waals surface area contributed by atoms with Gasteiger partial charge in [0.2, 0.25) is 5.78 Å². The number of carbonyl (C=O) groups is 1. The van der Waals surface area contributed by atoms with E-state index in [1.165, 1.54) is 0 Å². The Labute approximate surface area is 163 Å². The number of allylic oxidation sites excluding steroid dienone is 1. The SMILES string of the molecule is COc1ccc(/C=C/C(=O)c2ccnn2C)cc1Cn1nc(C)c(Cl)c1C. The van der Waals surface area contributed by atoms with Crippen LogP contribution in [0.3, 0.4) is 0 Å². The van der Waals surface area contributed by atoms with Gasteiger partial charge in [0.1, 0.15) is 11.4 Å². The lowest BCUT2D eigenvalue weighted by Gasteiger charge is -2.11. The van der Waals surface area contributed by atoms with Gasteiger partial charge in [-0.05, 0) is 43.7 Å². The van der Waals surface area contributed by atoms with Gasteiger partial charge in [0.15, 0.2) is 0 Å². The molecule has 0 atom stereocenters. The van der Waals surface area contributed by atoms with E-state index < -0.39 is 0 Å². The van der Waals surface area contributed by atoms with Gasteiger partial charge in [0.25, 0.3) is 0 Å². The van der Waals surface area contributed by atoms with E-state index in [1.807, 2.05) is 36.7 Å². The average molecular weight is 385 g/mol. The quantitative estimate of drug-likeness (QED) is 0.478. The number of ketones is 1. The number of hydrogen-bond donors (Lipinski definition) is 0. The molecule has 0 aliphatic rings. The number of ether oxygens (including phenoxy) is 1. The molecule has 0 radical (unpaired) electrons. The Balaban J connectivity index is 1.87. The summed E-state index contributed by atoms with van der Waals surface area (Å²) >= 11 is 6.25. The van der Waals surface area contributed by atoms with Crippen molar-refractivity contribution in [2.24, 2.45) is 7.05 Å². The Hall–Kier alpha value is -2.86. The van der Waals surface area contributed by atoms with Gasteiger partial charge in [-0.2, -0.15) is 10.2 Å². The second-order valence-corrected chi connectivity index (χ2v) is 6.63. The average Bonchev–Trinajstić information content (AvgIpc) is 3.19. The van der Waals surface area contributed by atoms with Gasteiger partial charge in [0, 0.05) is 18.8 Å². The predicted molar refractivity (Wildman–Crippen MR) is 105 cm³/mol. The topological polar surface area (TPSA) is 61.9 Å². The number of hydrogen-bond acceptors (Lipinski definition) is 4. The van der Waals surface area contributed by atoms with Crippen LogP contribution in [-0.4, -0.2) is 32.5 Å². The Morgan fingerprint density at radius 2 is 2.07 bits per heavy atom. The Morgan fingerprint density at radius 3 is 2.67 bits per heavy atom. The van der Waals surface area contributed by atoms with Crippen molar-refractivity contribution in [2.75, 3.05) is 7.11 Å². The molecule has 7 heteroatoms. The summed E-state index contributed by atoms with van der Waals surface area (Å²) in [5.41, 5.74) is 4.09. The summed E-state index contributed by atoms with van der Waals surface area (Å²) in [6.45, 7) is 4.34. The molecule has 3 rings (SSSR count). The number of benzene rings is 1. The number of aryl methyl sites for hydroxylation is 2. The molecule has 0 aliphatic carbocycles. The van der Waals surface area contributed by atoms with Gasteiger partial charge in [-0.1, -0.05) is 23.7 Å². The van der Waals surface area contributed by atoms with E-state index in [1.54, 1.807) is 43.3 Å². The third-order valence-electron chi connectivity index (χ3n) is 4.42. The normalized spacial score (nSPS) is 11.3. The molecule has 0 aliphatic heterocycles. The first-order chi connectivity index (χ1) is 12.9. The number of rotatable bonds is 6. The Kier molecular flexibility index (Phi) is 5.46. The molecule has 0 spiro atoms. The van der Waals surface area contributed by atoms with Crippen molar-refractivity contribution in [3.63, 3.8) is 0 Å². The highest BCUT2D eigenvalue weighted by molar-refractivity contribution is 6.31. The summed E-state index contributed by atoms with van der Waals surface area (Å²) < 4.78 is 8.88. The summed E-state index contributed by atoms with van der Waals surface area (Å²) in [6, 6.07) is 7.47. The number of nitrogens with zero attached hydrogens (tertiary/aromatic N) is 4. The van der Waals surface area contributed by atoms with Gasteiger partial charge in [-0.15, -0.1) is 0 Å². The van der Waals surface area contributed by atoms with E-state index in [4.69, 9.17) is 16.3 Å². The molecule has 0 fully saturated rings. The van der Waals surface area contributed by atoms with Crippen molar-refractivity contribution in [3.05, 3.63) is 69.8 Å². The minimum atomic E-state index is -0.0994. The van der Waals surface area contributed by atoms with Crippen molar-refractivity contribution in [3.8, 4) is 5.75 Å². The highest BCUT2D eigenvalue weighted by atomic mass is 35.5. The third-order valence-corrected chi connectivity index (χ3v) is 4.97. The van der Waals surface area contributed by atoms with E-state index in [9.17, 15) is 4.79 Å². The molecular weight excluding hydrogens is 364 g/mol. The molecule has 3 aromatic rings. The first-order valence-electron chi connectivity index (χ1n) is 8.47. The van der Waals surface area contributed by atoms with Gasteiger partial charge >= 0.3 is 0 Å². The molecule has 0 N–H and O–H groups in total. The summed E-state index contributed by atoms with van der Waals surface area (Å²) in [4.78, 5) is 12.3. The van der Waals surface area contributed by atoms with Crippen molar-refractivity contribution in [1.29, 1.82) is 0 Å². The summed E-state index contributed by atoms with van der Waals surface area (Å²) in [5, 5.41) is 9.17. The first-order valence-corrected chi connectivity index (χ1v) is 8.85. The lowest BCUT2D eigenvalue weighted by molar-refractivity contribution is 0.103. The zero-order valence-corrected chi connectivity index (χ0v) is 16.5. The van der Waals surface area contributed by atoms with E-state index in [-0.39, 0.29) is 5.78 Å². The van der Waals surface area contributed by atoms with Crippen LogP contribution >= 0.6 is 11.6 Å². The van der Waals surface area contributed by atoms with Crippen LogP contribution < -0.4 is 4.74 Å². The van der Waals surface area contributed by atoms with Crippen LogP contribution in [0.2, 0.25) is 5.02 Å². The number of halogens is 1. The molecule has 0 saturated carbocycles. The minimum Gasteiger partial charge on any atom is -0.496 e. The molecule has 27 heavy (non-hydrogen) atoms. The smallest absolute Gasteiger partial charge is 0.203 e. The molecule has 2 aromatic heterocycles. The third kappa shape index (κ3) is 3.95. The Bertz CT molecular complexity index is 1020. The molecule has 2 heterocycles. The van der Waals surface area contributed by atoms with Gasteiger partial charge in [0.05, 0.1) is 30.1 Å². The van der Waals surface area contributed by atoms with E-state index in [0.29, 0.717) is 17.3 Å². The largest absolute Gasteiger partial charge is 0.496 e. The van der Waals surface area contributed by atoms with Crippen LogP contribution in [0.4, 0.5) is 0 Å². The molecule has 140 valence electrons. The maximum atomic E-state index is 12.3. The maximum absolute atomic E-state index is 12.3. The lowest BCUT2D eigenvalue weighted by atomic mass is 10.1. The lowest BCUT2D eigenvalue weighted by Crippen LogP contribution is -2.06. The summed E-state index contributed by atoms with van der Waals surface area (Å²) in [7, 11) is 3.38. The fraction of sp³-hybridized carbons (Fsp3) is 0.250. The molecule has 0 amide bonds. The number of aromatic nitrogens is 4. The monoisotopic (exact) mass is 384 g/mol. The maximum Gasteiger partial charge on any atom is 0.203 e. The first kappa shape index (κ1) is 18.9. The highest BCUT2D eigenvalue weighted by Crippen LogP contribution is 2.25. The van der Waals surface area contributed by atoms with Crippen molar-refractivity contribution in [2.45, 2.75) is 20.4 Å². The molecule has 0 unspecified atom stereocenters. The molecular formula is C20H21ClN4O2. The van der Waals surface area contributed by atoms with Crippen molar-refractivity contribution >= 4 is 23.5 Å². The van der Waals surface area contributed by atoms with Crippen LogP contribution in [0, 0.1) is 13.8 Å². The summed E-state index contributed by atoms with van der Waals surface area (Å²) in [6.07, 6.45) is 4.93. The van der Waals surface area contributed by atoms with Gasteiger partial charge in [-0.3, -0.25) is 14.2 Å². The minimum absolute atomic E-state index is 0.0994. The number of carbonyl (C=O) groups excluding carboxylic acids is 1. The van der Waals surface area contributed by atoms with E-state index >= 15 is 0 Å². The van der Waals surface area contributed by atoms with Crippen LogP contribution in [0.5, 0.6) is 5.75 Å². The second kappa shape index (κ2) is 7.80. The summed E-state index contributed by atoms with van der Waals surface area (Å²) in [5.74, 6) is 0.659. The van der Waals surface area contributed by atoms with Crippen LogP contribution in [-0.2, 0) is 13.6 Å². The second-order valence-electron chi connectivity index (χ2n) is 6.25. The van der Waals surface area contributed by atoms with Crippen LogP contribution in [0.1, 0.15) is 33.0 Å². The molecule has 0 bridgehead atoms. The van der Waals surface area contributed by atoms with E-state index in [0.717, 1.165) is 28.3 Å². The zero-order chi connectivity index (χ0) is 19.6. The zero-order valence-electron chi connectivity index (χ0n) is 15.7. The van der Waals surface area contributed by atoms with Crippen molar-refractivity contribution in [1.82, 2.24) is 19.6 Å². The van der Waals surface area contributed by atoms with Gasteiger partial charge in [-0.25, -0.2) is 0 Å². The fourth-order valence-electron chi connectivity index (χ4n) is 2.89.